The smallest absolute Gasteiger partial charge is 0.319 e. The first kappa shape index (κ1) is 17.3. The van der Waals surface area contributed by atoms with Crippen LogP contribution >= 0.6 is 0 Å². The molecule has 0 saturated carbocycles. The van der Waals surface area contributed by atoms with Crippen molar-refractivity contribution in [2.45, 2.75) is 13.0 Å². The van der Waals surface area contributed by atoms with Crippen LogP contribution in [0.15, 0.2) is 35.5 Å². The Bertz CT molecular complexity index is 691. The number of hydrogen-bond donors (Lipinski definition) is 2. The first-order valence-corrected chi connectivity index (χ1v) is 8.40. The predicted octanol–water partition coefficient (Wildman–Crippen LogP) is 1.24. The number of rotatable bonds is 3. The van der Waals surface area contributed by atoms with E-state index in [1.807, 2.05) is 24.3 Å². The molecule has 0 unspecified atom stereocenters. The molecule has 2 aliphatic rings. The normalized spacial score (nSPS) is 20.8. The zero-order chi connectivity index (χ0) is 18.0. The van der Waals surface area contributed by atoms with E-state index in [2.05, 4.69) is 15.5 Å². The molecule has 7 nitrogen and oxygen atoms in total. The minimum Gasteiger partial charge on any atom is -0.378 e. The fourth-order valence-electron chi connectivity index (χ4n) is 3.17. The summed E-state index contributed by atoms with van der Waals surface area (Å²) in [6.07, 6.45) is 0. The highest BCUT2D eigenvalue weighted by molar-refractivity contribution is 5.98. The van der Waals surface area contributed by atoms with E-state index in [1.54, 1.807) is 21.0 Å². The van der Waals surface area contributed by atoms with Crippen LogP contribution in [0.4, 0.5) is 10.5 Å². The van der Waals surface area contributed by atoms with Crippen LogP contribution in [-0.4, -0.2) is 57.2 Å². The molecule has 1 aromatic rings. The summed E-state index contributed by atoms with van der Waals surface area (Å²) in [7, 11) is 3.41. The maximum Gasteiger partial charge on any atom is 0.319 e. The van der Waals surface area contributed by atoms with E-state index < -0.39 is 6.04 Å². The number of carbonyl (C=O) groups is 2. The summed E-state index contributed by atoms with van der Waals surface area (Å²) < 4.78 is 5.38. The topological polar surface area (TPSA) is 73.9 Å². The molecule has 25 heavy (non-hydrogen) atoms. The number of hydrogen-bond acceptors (Lipinski definition) is 4. The lowest BCUT2D eigenvalue weighted by Gasteiger charge is -2.31. The largest absolute Gasteiger partial charge is 0.378 e. The number of allylic oxidation sites excluding steroid dienone is 1. The Hall–Kier alpha value is -2.54. The van der Waals surface area contributed by atoms with Crippen molar-refractivity contribution in [3.8, 4) is 0 Å². The lowest BCUT2D eigenvalue weighted by molar-refractivity contribution is -0.125. The third kappa shape index (κ3) is 3.61. The van der Waals surface area contributed by atoms with Gasteiger partial charge in [-0.05, 0) is 24.6 Å². The van der Waals surface area contributed by atoms with Crippen molar-refractivity contribution < 1.29 is 14.3 Å². The van der Waals surface area contributed by atoms with Gasteiger partial charge in [0.05, 0.1) is 24.8 Å². The third-order valence-corrected chi connectivity index (χ3v) is 4.51. The Morgan fingerprint density at radius 2 is 1.84 bits per heavy atom. The van der Waals surface area contributed by atoms with Crippen molar-refractivity contribution in [2.75, 3.05) is 45.3 Å². The Morgan fingerprint density at radius 3 is 2.44 bits per heavy atom. The summed E-state index contributed by atoms with van der Waals surface area (Å²) in [5.74, 6) is -0.118. The number of ether oxygens (including phenoxy) is 1. The molecule has 3 rings (SSSR count). The highest BCUT2D eigenvalue weighted by Gasteiger charge is 2.31. The van der Waals surface area contributed by atoms with Gasteiger partial charge < -0.3 is 25.2 Å². The van der Waals surface area contributed by atoms with E-state index in [0.717, 1.165) is 37.6 Å². The SMILES string of the molecule is CC1=C(C(=O)N(C)C)[C@@H](c2ccc(N3CCOCC3)cc2)NC(=O)N1. The summed E-state index contributed by atoms with van der Waals surface area (Å²) >= 11 is 0. The molecule has 134 valence electrons. The summed E-state index contributed by atoms with van der Waals surface area (Å²) in [4.78, 5) is 28.3. The molecular weight excluding hydrogens is 320 g/mol. The monoisotopic (exact) mass is 344 g/mol. The number of morpholine rings is 1. The van der Waals surface area contributed by atoms with Gasteiger partial charge >= 0.3 is 6.03 Å². The molecule has 0 aromatic heterocycles. The van der Waals surface area contributed by atoms with Crippen molar-refractivity contribution in [3.05, 3.63) is 41.1 Å². The second-order valence-electron chi connectivity index (χ2n) is 6.46. The van der Waals surface area contributed by atoms with E-state index in [1.165, 1.54) is 4.90 Å². The Labute approximate surface area is 147 Å². The van der Waals surface area contributed by atoms with Crippen LogP contribution in [0.2, 0.25) is 0 Å². The highest BCUT2D eigenvalue weighted by atomic mass is 16.5. The first-order valence-electron chi connectivity index (χ1n) is 8.40. The molecule has 2 heterocycles. The molecule has 1 atom stereocenters. The van der Waals surface area contributed by atoms with E-state index in [9.17, 15) is 9.59 Å². The zero-order valence-electron chi connectivity index (χ0n) is 14.8. The van der Waals surface area contributed by atoms with Crippen LogP contribution in [0, 0.1) is 0 Å². The van der Waals surface area contributed by atoms with Crippen molar-refractivity contribution in [1.29, 1.82) is 0 Å². The van der Waals surface area contributed by atoms with Crippen molar-refractivity contribution in [1.82, 2.24) is 15.5 Å². The summed E-state index contributed by atoms with van der Waals surface area (Å²) in [6, 6.07) is 7.25. The summed E-state index contributed by atoms with van der Waals surface area (Å²) in [5, 5.41) is 5.55. The van der Waals surface area contributed by atoms with Gasteiger partial charge in [-0.3, -0.25) is 4.79 Å². The Kier molecular flexibility index (Phi) is 4.94. The van der Waals surface area contributed by atoms with E-state index in [-0.39, 0.29) is 11.9 Å². The highest BCUT2D eigenvalue weighted by Crippen LogP contribution is 2.29. The second kappa shape index (κ2) is 7.14. The fourth-order valence-corrected chi connectivity index (χ4v) is 3.17. The lowest BCUT2D eigenvalue weighted by Crippen LogP contribution is -2.46. The van der Waals surface area contributed by atoms with Crippen LogP contribution in [-0.2, 0) is 9.53 Å². The van der Waals surface area contributed by atoms with Crippen LogP contribution in [0.3, 0.4) is 0 Å². The van der Waals surface area contributed by atoms with Gasteiger partial charge in [0.15, 0.2) is 0 Å². The van der Waals surface area contributed by atoms with Gasteiger partial charge in [0.2, 0.25) is 0 Å². The Balaban J connectivity index is 1.88. The van der Waals surface area contributed by atoms with Crippen LogP contribution < -0.4 is 15.5 Å². The third-order valence-electron chi connectivity index (χ3n) is 4.51. The maximum absolute atomic E-state index is 12.6. The van der Waals surface area contributed by atoms with Gasteiger partial charge in [-0.2, -0.15) is 0 Å². The molecule has 0 bridgehead atoms. The lowest BCUT2D eigenvalue weighted by atomic mass is 9.94. The number of urea groups is 1. The van der Waals surface area contributed by atoms with Gasteiger partial charge in [-0.15, -0.1) is 0 Å². The molecule has 3 amide bonds. The number of anilines is 1. The molecule has 1 saturated heterocycles. The van der Waals surface area contributed by atoms with Gasteiger partial charge in [0.25, 0.3) is 5.91 Å². The minimum atomic E-state index is -0.456. The number of amides is 3. The quantitative estimate of drug-likeness (QED) is 0.865. The molecule has 0 spiro atoms. The van der Waals surface area contributed by atoms with Crippen LogP contribution in [0.5, 0.6) is 0 Å². The van der Waals surface area contributed by atoms with Crippen molar-refractivity contribution in [3.63, 3.8) is 0 Å². The molecule has 1 aromatic carbocycles. The molecule has 2 aliphatic heterocycles. The van der Waals surface area contributed by atoms with E-state index in [4.69, 9.17) is 4.74 Å². The number of nitrogens with zero attached hydrogens (tertiary/aromatic N) is 2. The molecule has 2 N–H and O–H groups in total. The van der Waals surface area contributed by atoms with Gasteiger partial charge in [0.1, 0.15) is 0 Å². The average molecular weight is 344 g/mol. The molecule has 0 aliphatic carbocycles. The predicted molar refractivity (Wildman–Crippen MR) is 95.3 cm³/mol. The second-order valence-corrected chi connectivity index (χ2v) is 6.46. The van der Waals surface area contributed by atoms with E-state index >= 15 is 0 Å². The zero-order valence-corrected chi connectivity index (χ0v) is 14.8. The van der Waals surface area contributed by atoms with Crippen molar-refractivity contribution >= 4 is 17.6 Å². The maximum atomic E-state index is 12.6. The standard InChI is InChI=1S/C18H24N4O3/c1-12-15(17(23)21(2)3)16(20-18(24)19-12)13-4-6-14(7-5-13)22-8-10-25-11-9-22/h4-7,16H,8-11H2,1-3H3,(H2,19,20,24)/t16-/m1/s1. The number of nitrogens with one attached hydrogen (secondary N) is 2. The van der Waals surface area contributed by atoms with Crippen LogP contribution in [0.1, 0.15) is 18.5 Å². The number of carbonyl (C=O) groups excluding carboxylic acids is 2. The van der Waals surface area contributed by atoms with Crippen molar-refractivity contribution in [2.24, 2.45) is 0 Å². The molecular formula is C18H24N4O3. The molecule has 1 fully saturated rings. The molecule has 7 heteroatoms. The first-order chi connectivity index (χ1) is 12.0. The Morgan fingerprint density at radius 1 is 1.20 bits per heavy atom. The fraction of sp³-hybridized carbons (Fsp3) is 0.444. The average Bonchev–Trinajstić information content (AvgIpc) is 2.61. The summed E-state index contributed by atoms with van der Waals surface area (Å²) in [5.41, 5.74) is 3.15. The van der Waals surface area contributed by atoms with Gasteiger partial charge in [-0.1, -0.05) is 12.1 Å². The summed E-state index contributed by atoms with van der Waals surface area (Å²) in [6.45, 7) is 4.95. The number of benzene rings is 1. The van der Waals surface area contributed by atoms with Gasteiger partial charge in [-0.25, -0.2) is 4.79 Å². The number of likely N-dealkylation sites (N-methyl/N-ethyl adjacent to an activating group) is 1. The minimum absolute atomic E-state index is 0.118. The molecule has 0 radical (unpaired) electrons. The van der Waals surface area contributed by atoms with Crippen LogP contribution in [0.25, 0.3) is 0 Å². The van der Waals surface area contributed by atoms with E-state index in [0.29, 0.717) is 11.3 Å². The van der Waals surface area contributed by atoms with Gasteiger partial charge in [0, 0.05) is 38.6 Å².